The van der Waals surface area contributed by atoms with Crippen molar-refractivity contribution in [3.63, 3.8) is 0 Å². The van der Waals surface area contributed by atoms with Crippen LogP contribution in [0, 0.1) is 0 Å². The average molecular weight is 862 g/mol. The van der Waals surface area contributed by atoms with Crippen molar-refractivity contribution in [2.45, 2.75) is 65.8 Å². The Hall–Kier alpha value is -5.14. The Morgan fingerprint density at radius 1 is 0.643 bits per heavy atom. The lowest BCUT2D eigenvalue weighted by molar-refractivity contribution is 0.0512. The van der Waals surface area contributed by atoms with E-state index in [9.17, 15) is 9.59 Å². The molecule has 2 amide bonds. The van der Waals surface area contributed by atoms with Gasteiger partial charge >= 0.3 is 19.3 Å². The second kappa shape index (κ2) is 20.7. The molecule has 0 spiro atoms. The molecule has 0 saturated carbocycles. The third kappa shape index (κ3) is 14.8. The molecule has 6 aromatic heterocycles. The van der Waals surface area contributed by atoms with E-state index >= 15 is 0 Å². The van der Waals surface area contributed by atoms with Crippen molar-refractivity contribution >= 4 is 62.7 Å². The summed E-state index contributed by atoms with van der Waals surface area (Å²) < 4.78 is 11.7. The average Bonchev–Trinajstić information content (AvgIpc) is 3.84. The molecule has 0 unspecified atom stereocenters. The van der Waals surface area contributed by atoms with Gasteiger partial charge in [0.2, 0.25) is 0 Å². The minimum absolute atomic E-state index is 0.312. The molecule has 0 aliphatic carbocycles. The molecule has 14 nitrogen and oxygen atoms in total. The van der Waals surface area contributed by atoms with Crippen molar-refractivity contribution < 1.29 is 29.1 Å². The summed E-state index contributed by atoms with van der Waals surface area (Å²) in [4.78, 5) is 50.4. The molecular weight excluding hydrogens is 819 g/mol. The minimum atomic E-state index is -1.46. The largest absolute Gasteiger partial charge is 0.499 e. The van der Waals surface area contributed by atoms with Crippen LogP contribution in [0.5, 0.6) is 0 Å². The third-order valence-corrected chi connectivity index (χ3v) is 9.69. The number of carbonyl (C=O) groups is 2. The van der Waals surface area contributed by atoms with Crippen LogP contribution in [-0.4, -0.2) is 70.5 Å². The van der Waals surface area contributed by atoms with Crippen molar-refractivity contribution in [2.24, 2.45) is 0 Å². The van der Waals surface area contributed by atoms with Crippen molar-refractivity contribution in [2.75, 3.05) is 0 Å². The van der Waals surface area contributed by atoms with E-state index in [-0.39, 0.29) is 0 Å². The van der Waals surface area contributed by atoms with E-state index < -0.39 is 30.5 Å². The van der Waals surface area contributed by atoms with Crippen molar-refractivity contribution in [1.29, 1.82) is 0 Å². The van der Waals surface area contributed by atoms with Crippen LogP contribution in [0.4, 0.5) is 9.59 Å². The lowest BCUT2D eigenvalue weighted by atomic mass is 9.90. The first-order valence-electron chi connectivity index (χ1n) is 17.1. The van der Waals surface area contributed by atoms with Gasteiger partial charge in [-0.05, 0) is 93.4 Å². The summed E-state index contributed by atoms with van der Waals surface area (Å²) in [7, 11) is -1.46. The van der Waals surface area contributed by atoms with Gasteiger partial charge < -0.3 is 30.2 Å². The van der Waals surface area contributed by atoms with Gasteiger partial charge in [-0.15, -0.1) is 22.7 Å². The minimum Gasteiger partial charge on any atom is -0.444 e. The SMILES string of the molecule is Brc1cnccc1-c1cncnc1.CC(C)(C)OC(=O)NCc1ccc(-c2cnccc2-c2cncnc2)s1.CC(C)(C)OC(=O)NCc1ccc(B(O)O)s1. The topological polar surface area (TPSA) is 194 Å². The van der Waals surface area contributed by atoms with Gasteiger partial charge in [0.05, 0.1) is 13.1 Å². The summed E-state index contributed by atoms with van der Waals surface area (Å²) in [5.74, 6) is 0. The number of halogens is 1. The van der Waals surface area contributed by atoms with E-state index in [4.69, 9.17) is 19.5 Å². The van der Waals surface area contributed by atoms with Gasteiger partial charge in [0.15, 0.2) is 0 Å². The number of hydrogen-bond donors (Lipinski definition) is 4. The van der Waals surface area contributed by atoms with Crippen LogP contribution >= 0.6 is 38.6 Å². The summed E-state index contributed by atoms with van der Waals surface area (Å²) in [5, 5.41) is 23.2. The lowest BCUT2D eigenvalue weighted by Crippen LogP contribution is -2.32. The van der Waals surface area contributed by atoms with Crippen LogP contribution in [0.3, 0.4) is 0 Å². The van der Waals surface area contributed by atoms with Crippen LogP contribution in [0.25, 0.3) is 32.7 Å². The molecule has 0 aromatic carbocycles. The molecule has 18 heteroatoms. The Balaban J connectivity index is 0.000000200. The predicted molar refractivity (Wildman–Crippen MR) is 222 cm³/mol. The van der Waals surface area contributed by atoms with Crippen LogP contribution in [0.2, 0.25) is 0 Å². The van der Waals surface area contributed by atoms with E-state index in [0.29, 0.717) is 17.9 Å². The number of thiophene rings is 2. The highest BCUT2D eigenvalue weighted by molar-refractivity contribution is 9.10. The number of pyridine rings is 2. The second-order valence-corrected chi connectivity index (χ2v) is 16.9. The third-order valence-electron chi connectivity index (χ3n) is 6.81. The predicted octanol–water partition coefficient (Wildman–Crippen LogP) is 7.05. The Bertz CT molecular complexity index is 2150. The second-order valence-electron chi connectivity index (χ2n) is 13.7. The normalized spacial score (nSPS) is 10.9. The highest BCUT2D eigenvalue weighted by Crippen LogP contribution is 2.35. The number of alkyl carbamates (subject to hydrolysis) is 2. The van der Waals surface area contributed by atoms with Crippen molar-refractivity contribution in [3.8, 4) is 32.7 Å². The number of rotatable bonds is 8. The Kier molecular flexibility index (Phi) is 16.1. The quantitative estimate of drug-likeness (QED) is 0.114. The monoisotopic (exact) mass is 860 g/mol. The van der Waals surface area contributed by atoms with Crippen molar-refractivity contribution in [3.05, 3.63) is 113 Å². The zero-order valence-corrected chi connectivity index (χ0v) is 34.9. The Labute approximate surface area is 342 Å². The number of amides is 2. The van der Waals surface area contributed by atoms with Gasteiger partial charge in [0.1, 0.15) is 23.9 Å². The molecule has 0 saturated heterocycles. The molecule has 6 heterocycles. The van der Waals surface area contributed by atoms with Crippen LogP contribution in [-0.2, 0) is 22.6 Å². The summed E-state index contributed by atoms with van der Waals surface area (Å²) in [6.07, 6.45) is 16.3. The van der Waals surface area contributed by atoms with Crippen LogP contribution in [0.1, 0.15) is 51.3 Å². The maximum atomic E-state index is 11.8. The molecule has 6 rings (SSSR count). The summed E-state index contributed by atoms with van der Waals surface area (Å²) in [6.45, 7) is 11.6. The van der Waals surface area contributed by atoms with Gasteiger partial charge in [-0.25, -0.2) is 29.5 Å². The van der Waals surface area contributed by atoms with Crippen LogP contribution in [0.15, 0.2) is 103 Å². The molecule has 0 aliphatic rings. The number of nitrogens with zero attached hydrogens (tertiary/aromatic N) is 6. The van der Waals surface area contributed by atoms with Gasteiger partial charge in [-0.2, -0.15) is 0 Å². The van der Waals surface area contributed by atoms with Gasteiger partial charge in [0, 0.05) is 95.7 Å². The maximum Gasteiger partial charge on any atom is 0.499 e. The van der Waals surface area contributed by atoms with Gasteiger partial charge in [0.25, 0.3) is 0 Å². The molecule has 0 atom stereocenters. The van der Waals surface area contributed by atoms with E-state index in [1.165, 1.54) is 24.0 Å². The van der Waals surface area contributed by atoms with Crippen molar-refractivity contribution in [1.82, 2.24) is 40.5 Å². The standard InChI is InChI=1S/C19H20N4O2S.C10H16BNO4S.C9H6BrN3/c1-19(2,3)25-18(24)23-10-14-4-5-17(26-14)16-11-20-7-6-15(16)13-8-21-12-22-9-13;1-10(2,3)16-9(13)12-6-7-4-5-8(17-7)11(14)15;10-9-5-11-2-1-8(9)7-3-12-6-13-4-7/h4-9,11-12H,10H2,1-3H3,(H,23,24);4-5,14-15H,6H2,1-3H3,(H,12,13);1-6H. The zero-order valence-electron chi connectivity index (χ0n) is 31.6. The zero-order chi connectivity index (χ0) is 40.7. The summed E-state index contributed by atoms with van der Waals surface area (Å²) >= 11 is 6.25. The molecule has 6 aromatic rings. The molecule has 292 valence electrons. The molecule has 0 aliphatic heterocycles. The highest BCUT2D eigenvalue weighted by Gasteiger charge is 2.18. The Morgan fingerprint density at radius 2 is 1.12 bits per heavy atom. The summed E-state index contributed by atoms with van der Waals surface area (Å²) in [5.41, 5.74) is 3.97. The fourth-order valence-corrected chi connectivity index (χ4v) is 6.80. The molecule has 4 N–H and O–H groups in total. The first kappa shape index (κ1) is 43.6. The first-order chi connectivity index (χ1) is 26.6. The maximum absolute atomic E-state index is 11.8. The number of hydrogen-bond acceptors (Lipinski definition) is 14. The van der Waals surface area contributed by atoms with E-state index in [1.54, 1.807) is 87.6 Å². The fourth-order valence-electron chi connectivity index (χ4n) is 4.52. The highest BCUT2D eigenvalue weighted by atomic mass is 79.9. The van der Waals surface area contributed by atoms with E-state index in [1.807, 2.05) is 51.2 Å². The molecule has 0 radical (unpaired) electrons. The molecule has 56 heavy (non-hydrogen) atoms. The molecule has 0 fully saturated rings. The summed E-state index contributed by atoms with van der Waals surface area (Å²) in [6, 6.07) is 11.2. The van der Waals surface area contributed by atoms with E-state index in [0.717, 1.165) is 46.9 Å². The number of ether oxygens (including phenoxy) is 2. The number of aromatic nitrogens is 6. The van der Waals surface area contributed by atoms with Gasteiger partial charge in [-0.3, -0.25) is 9.97 Å². The number of nitrogens with one attached hydrogen (secondary N) is 2. The number of carbonyl (C=O) groups excluding carboxylic acids is 2. The van der Waals surface area contributed by atoms with Gasteiger partial charge in [-0.1, -0.05) is 6.07 Å². The smallest absolute Gasteiger partial charge is 0.444 e. The fraction of sp³-hybridized carbons (Fsp3) is 0.263. The lowest BCUT2D eigenvalue weighted by Gasteiger charge is -2.19. The van der Waals surface area contributed by atoms with E-state index in [2.05, 4.69) is 56.5 Å². The van der Waals surface area contributed by atoms with Crippen LogP contribution < -0.4 is 15.4 Å². The Morgan fingerprint density at radius 3 is 1.62 bits per heavy atom. The molecular formula is C38H42BBrN8O6S2. The first-order valence-corrected chi connectivity index (χ1v) is 19.5. The molecule has 0 bridgehead atoms.